The van der Waals surface area contributed by atoms with Crippen molar-refractivity contribution in [3.05, 3.63) is 54.5 Å². The van der Waals surface area contributed by atoms with Gasteiger partial charge in [-0.05, 0) is 52.9 Å². The summed E-state index contributed by atoms with van der Waals surface area (Å²) >= 11 is 11.3. The molecule has 3 rings (SSSR count). The highest BCUT2D eigenvalue weighted by atomic mass is 127. The molecule has 0 atom stereocenters. The Morgan fingerprint density at radius 2 is 2.09 bits per heavy atom. The van der Waals surface area contributed by atoms with E-state index < -0.39 is 0 Å². The molecule has 8 heteroatoms. The first kappa shape index (κ1) is 16.4. The zero-order valence-corrected chi connectivity index (χ0v) is 15.8. The number of hydrogen-bond donors (Lipinski definition) is 2. The van der Waals surface area contributed by atoms with E-state index in [2.05, 4.69) is 31.4 Å². The molecular weight excluding hydrogens is 496 g/mol. The van der Waals surface area contributed by atoms with Crippen molar-refractivity contribution in [1.82, 2.24) is 0 Å². The van der Waals surface area contributed by atoms with Crippen LogP contribution in [0, 0.1) is 3.57 Å². The fraction of sp³-hybridized carbons (Fsp3) is 0. The van der Waals surface area contributed by atoms with E-state index in [1.54, 1.807) is 24.3 Å². The first-order valence-electron chi connectivity index (χ1n) is 6.36. The van der Waals surface area contributed by atoms with E-state index in [0.717, 1.165) is 4.47 Å². The first-order valence-corrected chi connectivity index (χ1v) is 8.61. The summed E-state index contributed by atoms with van der Waals surface area (Å²) in [6.07, 6.45) is 1.36. The minimum Gasteiger partial charge on any atom is -0.506 e. The molecule has 116 valence electrons. The number of hydrogen-bond acceptors (Lipinski definition) is 4. The van der Waals surface area contributed by atoms with Crippen molar-refractivity contribution in [1.29, 1.82) is 0 Å². The average molecular weight is 505 g/mol. The number of nitrogens with one attached hydrogen (secondary N) is 1. The second-order valence-corrected chi connectivity index (χ2v) is 7.18. The molecule has 0 aromatic heterocycles. The van der Waals surface area contributed by atoms with Crippen LogP contribution in [0.25, 0.3) is 0 Å². The maximum absolute atomic E-state index is 12.0. The second-order valence-electron chi connectivity index (χ2n) is 4.66. The minimum atomic E-state index is -0.319. The van der Waals surface area contributed by atoms with Gasteiger partial charge in [0, 0.05) is 20.6 Å². The van der Waals surface area contributed by atoms with Crippen molar-refractivity contribution >= 4 is 73.6 Å². The number of phenols is 1. The molecule has 5 nitrogen and oxygen atoms in total. The first-order chi connectivity index (χ1) is 11.0. The van der Waals surface area contributed by atoms with Crippen molar-refractivity contribution in [2.45, 2.75) is 0 Å². The van der Waals surface area contributed by atoms with Gasteiger partial charge in [-0.1, -0.05) is 27.5 Å². The topological polar surface area (TPSA) is 74.0 Å². The van der Waals surface area contributed by atoms with Gasteiger partial charge < -0.3 is 10.4 Å². The summed E-state index contributed by atoms with van der Waals surface area (Å²) in [4.78, 5) is 12.0. The number of fused-ring (bicyclic) bond motifs is 1. The molecule has 23 heavy (non-hydrogen) atoms. The predicted octanol–water partition coefficient (Wildman–Crippen LogP) is 4.19. The summed E-state index contributed by atoms with van der Waals surface area (Å²) in [5, 5.41) is 21.1. The van der Waals surface area contributed by atoms with E-state index in [-0.39, 0.29) is 17.4 Å². The van der Waals surface area contributed by atoms with Crippen LogP contribution in [0.1, 0.15) is 11.1 Å². The maximum Gasteiger partial charge on any atom is 0.276 e. The van der Waals surface area contributed by atoms with Gasteiger partial charge in [0.25, 0.3) is 5.91 Å². The van der Waals surface area contributed by atoms with Crippen molar-refractivity contribution in [3.63, 3.8) is 0 Å². The summed E-state index contributed by atoms with van der Waals surface area (Å²) in [6.45, 7) is 0. The number of carbonyl (C=O) groups is 1. The number of benzene rings is 2. The second kappa shape index (κ2) is 6.58. The van der Waals surface area contributed by atoms with Crippen molar-refractivity contribution in [2.24, 2.45) is 10.2 Å². The molecule has 1 amide bonds. The van der Waals surface area contributed by atoms with Gasteiger partial charge in [0.2, 0.25) is 0 Å². The van der Waals surface area contributed by atoms with Crippen LogP contribution in [-0.2, 0) is 4.79 Å². The van der Waals surface area contributed by atoms with Crippen molar-refractivity contribution in [2.75, 3.05) is 5.32 Å². The van der Waals surface area contributed by atoms with Crippen LogP contribution in [-0.4, -0.2) is 22.9 Å². The van der Waals surface area contributed by atoms with Gasteiger partial charge in [0.1, 0.15) is 5.75 Å². The summed E-state index contributed by atoms with van der Waals surface area (Å²) in [6, 6.07) is 8.62. The third-order valence-corrected chi connectivity index (χ3v) is 4.65. The zero-order valence-electron chi connectivity index (χ0n) is 11.3. The lowest BCUT2D eigenvalue weighted by molar-refractivity contribution is -0.110. The monoisotopic (exact) mass is 503 g/mol. The summed E-state index contributed by atoms with van der Waals surface area (Å²) in [5.74, 6) is -0.252. The number of carbonyl (C=O) groups excluding carboxylic acids is 1. The van der Waals surface area contributed by atoms with E-state index in [4.69, 9.17) is 11.6 Å². The largest absolute Gasteiger partial charge is 0.506 e. The van der Waals surface area contributed by atoms with Gasteiger partial charge in [0.05, 0.1) is 15.5 Å². The summed E-state index contributed by atoms with van der Waals surface area (Å²) < 4.78 is 1.45. The Labute approximate surface area is 158 Å². The molecule has 1 heterocycles. The van der Waals surface area contributed by atoms with Crippen molar-refractivity contribution in [3.8, 4) is 5.75 Å². The third kappa shape index (κ3) is 3.41. The van der Waals surface area contributed by atoms with Gasteiger partial charge in [-0.2, -0.15) is 5.10 Å². The predicted molar refractivity (Wildman–Crippen MR) is 103 cm³/mol. The SMILES string of the molecule is O=C1Nc2ccc(Br)cc2/C1=N\N=C/c1cc(Cl)cc(I)c1O. The number of phenolic OH excluding ortho intramolecular Hbond substituents is 1. The van der Waals surface area contributed by atoms with E-state index in [1.165, 1.54) is 6.21 Å². The lowest BCUT2D eigenvalue weighted by Gasteiger charge is -2.01. The normalized spacial score (nSPS) is 15.3. The smallest absolute Gasteiger partial charge is 0.276 e. The Balaban J connectivity index is 1.95. The van der Waals surface area contributed by atoms with Crippen LogP contribution in [0.4, 0.5) is 5.69 Å². The zero-order chi connectivity index (χ0) is 16.6. The Morgan fingerprint density at radius 1 is 1.30 bits per heavy atom. The average Bonchev–Trinajstić information content (AvgIpc) is 2.79. The van der Waals surface area contributed by atoms with Gasteiger partial charge in [0.15, 0.2) is 5.71 Å². The van der Waals surface area contributed by atoms with Crippen LogP contribution in [0.3, 0.4) is 0 Å². The van der Waals surface area contributed by atoms with Crippen LogP contribution in [0.2, 0.25) is 5.02 Å². The van der Waals surface area contributed by atoms with Crippen LogP contribution < -0.4 is 5.32 Å². The van der Waals surface area contributed by atoms with Crippen LogP contribution in [0.5, 0.6) is 5.75 Å². The Morgan fingerprint density at radius 3 is 2.87 bits per heavy atom. The molecule has 0 fully saturated rings. The molecule has 0 unspecified atom stereocenters. The molecule has 0 spiro atoms. The molecule has 2 N–H and O–H groups in total. The summed E-state index contributed by atoms with van der Waals surface area (Å²) in [7, 11) is 0. The molecule has 0 saturated carbocycles. The number of aromatic hydroxyl groups is 1. The van der Waals surface area contributed by atoms with Crippen LogP contribution in [0.15, 0.2) is 45.0 Å². The summed E-state index contributed by atoms with van der Waals surface area (Å²) in [5.41, 5.74) is 2.01. The molecule has 1 aliphatic heterocycles. The molecule has 2 aromatic carbocycles. The molecule has 0 bridgehead atoms. The van der Waals surface area contributed by atoms with Gasteiger partial charge in [-0.15, -0.1) is 5.10 Å². The van der Waals surface area contributed by atoms with Gasteiger partial charge in [-0.3, -0.25) is 4.79 Å². The maximum atomic E-state index is 12.0. The number of anilines is 1. The number of rotatable bonds is 2. The number of halogens is 3. The number of nitrogens with zero attached hydrogens (tertiary/aromatic N) is 2. The third-order valence-electron chi connectivity index (χ3n) is 3.11. The lowest BCUT2D eigenvalue weighted by Crippen LogP contribution is -2.13. The lowest BCUT2D eigenvalue weighted by atomic mass is 10.1. The molecule has 0 aliphatic carbocycles. The highest BCUT2D eigenvalue weighted by Gasteiger charge is 2.26. The van der Waals surface area contributed by atoms with E-state index in [0.29, 0.717) is 25.4 Å². The molecule has 2 aromatic rings. The Bertz CT molecular complexity index is 883. The van der Waals surface area contributed by atoms with Crippen molar-refractivity contribution < 1.29 is 9.90 Å². The number of amides is 1. The Kier molecular flexibility index (Phi) is 4.69. The standard InChI is InChI=1S/C15H8BrClIN3O2/c16-8-1-2-12-10(4-8)13(15(23)20-12)21-19-6-7-3-9(17)5-11(18)14(7)22/h1-6,22H,(H,20,21,23)/b19-6-. The molecule has 0 saturated heterocycles. The minimum absolute atomic E-state index is 0.0676. The highest BCUT2D eigenvalue weighted by Crippen LogP contribution is 2.28. The molecule has 0 radical (unpaired) electrons. The quantitative estimate of drug-likeness (QED) is 0.366. The highest BCUT2D eigenvalue weighted by molar-refractivity contribution is 14.1. The van der Waals surface area contributed by atoms with E-state index >= 15 is 0 Å². The van der Waals surface area contributed by atoms with Gasteiger partial charge >= 0.3 is 0 Å². The van der Waals surface area contributed by atoms with E-state index in [1.807, 2.05) is 28.7 Å². The van der Waals surface area contributed by atoms with Crippen LogP contribution >= 0.6 is 50.1 Å². The Hall–Kier alpha value is -1.45. The fourth-order valence-corrected chi connectivity index (χ4v) is 3.48. The van der Waals surface area contributed by atoms with Gasteiger partial charge in [-0.25, -0.2) is 0 Å². The molecular formula is C15H8BrClIN3O2. The fourth-order valence-electron chi connectivity index (χ4n) is 2.06. The molecule has 1 aliphatic rings. The van der Waals surface area contributed by atoms with E-state index in [9.17, 15) is 9.90 Å².